The van der Waals surface area contributed by atoms with Gasteiger partial charge in [-0.3, -0.25) is 4.68 Å². The molecule has 0 saturated carbocycles. The maximum atomic E-state index is 6.29. The lowest BCUT2D eigenvalue weighted by Gasteiger charge is -2.19. The third kappa shape index (κ3) is 2.82. The number of halogens is 1. The van der Waals surface area contributed by atoms with Crippen LogP contribution in [0.5, 0.6) is 0 Å². The van der Waals surface area contributed by atoms with Crippen LogP contribution >= 0.6 is 11.6 Å². The van der Waals surface area contributed by atoms with Crippen molar-refractivity contribution >= 4 is 11.6 Å². The second-order valence-electron chi connectivity index (χ2n) is 4.55. The van der Waals surface area contributed by atoms with Crippen molar-refractivity contribution in [3.8, 4) is 0 Å². The van der Waals surface area contributed by atoms with Crippen LogP contribution < -0.4 is 5.73 Å². The van der Waals surface area contributed by atoms with Crippen molar-refractivity contribution < 1.29 is 0 Å². The summed E-state index contributed by atoms with van der Waals surface area (Å²) in [4.78, 5) is 0. The molecule has 0 aliphatic rings. The predicted octanol–water partition coefficient (Wildman–Crippen LogP) is 3.21. The monoisotopic (exact) mass is 277 g/mol. The Morgan fingerprint density at radius 1 is 1.26 bits per heavy atom. The van der Waals surface area contributed by atoms with Gasteiger partial charge in [0.1, 0.15) is 0 Å². The average molecular weight is 278 g/mol. The molecular formula is C15H20ClN3. The van der Waals surface area contributed by atoms with E-state index in [1.54, 1.807) is 0 Å². The minimum absolute atomic E-state index is 0.00366. The summed E-state index contributed by atoms with van der Waals surface area (Å²) in [6, 6.07) is 9.99. The fraction of sp³-hybridized carbons (Fsp3) is 0.400. The highest BCUT2D eigenvalue weighted by atomic mass is 35.5. The van der Waals surface area contributed by atoms with E-state index in [2.05, 4.69) is 25.0 Å². The lowest BCUT2D eigenvalue weighted by molar-refractivity contribution is 0.508. The van der Waals surface area contributed by atoms with Crippen LogP contribution in [-0.4, -0.2) is 16.3 Å². The molecule has 4 heteroatoms. The Morgan fingerprint density at radius 3 is 2.58 bits per heavy atom. The van der Waals surface area contributed by atoms with Crippen molar-refractivity contribution in [1.82, 2.24) is 9.78 Å². The van der Waals surface area contributed by atoms with Gasteiger partial charge in [0, 0.05) is 17.3 Å². The SMILES string of the molecule is CCc1cc(CC)n(C(CN)c2ccccc2Cl)n1. The first-order valence-corrected chi connectivity index (χ1v) is 7.10. The van der Waals surface area contributed by atoms with Gasteiger partial charge in [-0.25, -0.2) is 0 Å². The molecule has 1 atom stereocenters. The zero-order chi connectivity index (χ0) is 13.8. The molecule has 1 unspecified atom stereocenters. The Hall–Kier alpha value is -1.32. The predicted molar refractivity (Wildman–Crippen MR) is 79.6 cm³/mol. The summed E-state index contributed by atoms with van der Waals surface area (Å²) in [6.07, 6.45) is 1.87. The highest BCUT2D eigenvalue weighted by molar-refractivity contribution is 6.31. The molecule has 1 heterocycles. The van der Waals surface area contributed by atoms with Gasteiger partial charge < -0.3 is 5.73 Å². The number of nitrogens with zero attached hydrogens (tertiary/aromatic N) is 2. The number of hydrogen-bond acceptors (Lipinski definition) is 2. The van der Waals surface area contributed by atoms with Crippen LogP contribution in [-0.2, 0) is 12.8 Å². The smallest absolute Gasteiger partial charge is 0.0908 e. The Balaban J connectivity index is 2.47. The summed E-state index contributed by atoms with van der Waals surface area (Å²) >= 11 is 6.29. The Bertz CT molecular complexity index is 548. The molecule has 0 fully saturated rings. The molecule has 3 nitrogen and oxygen atoms in total. The summed E-state index contributed by atoms with van der Waals surface area (Å²) in [5, 5.41) is 5.41. The van der Waals surface area contributed by atoms with E-state index in [1.165, 1.54) is 5.69 Å². The Kier molecular flexibility index (Phi) is 4.61. The van der Waals surface area contributed by atoms with Gasteiger partial charge in [0.15, 0.2) is 0 Å². The van der Waals surface area contributed by atoms with E-state index in [-0.39, 0.29) is 6.04 Å². The Labute approximate surface area is 119 Å². The number of aryl methyl sites for hydroxylation is 2. The average Bonchev–Trinajstić information content (AvgIpc) is 2.85. The first-order valence-electron chi connectivity index (χ1n) is 6.73. The van der Waals surface area contributed by atoms with Gasteiger partial charge in [0.25, 0.3) is 0 Å². The highest BCUT2D eigenvalue weighted by Gasteiger charge is 2.18. The maximum absolute atomic E-state index is 6.29. The molecule has 2 N–H and O–H groups in total. The van der Waals surface area contributed by atoms with Crippen molar-refractivity contribution in [1.29, 1.82) is 0 Å². The van der Waals surface area contributed by atoms with Crippen LogP contribution in [0.1, 0.15) is 36.8 Å². The molecule has 0 amide bonds. The lowest BCUT2D eigenvalue weighted by Crippen LogP contribution is -2.23. The molecule has 0 saturated heterocycles. The van der Waals surface area contributed by atoms with E-state index in [1.807, 2.05) is 28.9 Å². The van der Waals surface area contributed by atoms with Crippen molar-refractivity contribution in [2.75, 3.05) is 6.54 Å². The Morgan fingerprint density at radius 2 is 2.00 bits per heavy atom. The van der Waals surface area contributed by atoms with Gasteiger partial charge in [-0.15, -0.1) is 0 Å². The summed E-state index contributed by atoms with van der Waals surface area (Å²) in [5.41, 5.74) is 9.30. The van der Waals surface area contributed by atoms with E-state index in [0.29, 0.717) is 6.54 Å². The molecule has 0 aliphatic heterocycles. The van der Waals surface area contributed by atoms with Crippen LogP contribution in [0.25, 0.3) is 0 Å². The van der Waals surface area contributed by atoms with Crippen LogP contribution in [0, 0.1) is 0 Å². The molecule has 0 radical (unpaired) electrons. The van der Waals surface area contributed by atoms with Crippen molar-refractivity contribution in [2.24, 2.45) is 5.73 Å². The summed E-state index contributed by atoms with van der Waals surface area (Å²) in [7, 11) is 0. The van der Waals surface area contributed by atoms with E-state index in [9.17, 15) is 0 Å². The second-order valence-corrected chi connectivity index (χ2v) is 4.96. The third-order valence-electron chi connectivity index (χ3n) is 3.37. The van der Waals surface area contributed by atoms with E-state index in [4.69, 9.17) is 17.3 Å². The number of rotatable bonds is 5. The molecule has 0 bridgehead atoms. The topological polar surface area (TPSA) is 43.8 Å². The van der Waals surface area contributed by atoms with Crippen molar-refractivity contribution in [2.45, 2.75) is 32.7 Å². The van der Waals surface area contributed by atoms with Gasteiger partial charge >= 0.3 is 0 Å². The second kappa shape index (κ2) is 6.22. The largest absolute Gasteiger partial charge is 0.328 e. The van der Waals surface area contributed by atoms with Gasteiger partial charge in [0.05, 0.1) is 11.7 Å². The zero-order valence-corrected chi connectivity index (χ0v) is 12.2. The zero-order valence-electron chi connectivity index (χ0n) is 11.4. The molecular weight excluding hydrogens is 258 g/mol. The molecule has 0 aliphatic carbocycles. The summed E-state index contributed by atoms with van der Waals surface area (Å²) in [6.45, 7) is 4.73. The summed E-state index contributed by atoms with van der Waals surface area (Å²) in [5.74, 6) is 0. The number of aromatic nitrogens is 2. The molecule has 2 aromatic rings. The molecule has 1 aromatic heterocycles. The molecule has 19 heavy (non-hydrogen) atoms. The van der Waals surface area contributed by atoms with Crippen LogP contribution in [0.15, 0.2) is 30.3 Å². The van der Waals surface area contributed by atoms with Crippen molar-refractivity contribution in [3.63, 3.8) is 0 Å². The van der Waals surface area contributed by atoms with Crippen LogP contribution in [0.2, 0.25) is 5.02 Å². The van der Waals surface area contributed by atoms with Crippen LogP contribution in [0.4, 0.5) is 0 Å². The summed E-state index contributed by atoms with van der Waals surface area (Å²) < 4.78 is 2.03. The third-order valence-corrected chi connectivity index (χ3v) is 3.72. The molecule has 102 valence electrons. The number of benzene rings is 1. The quantitative estimate of drug-likeness (QED) is 0.912. The van der Waals surface area contributed by atoms with Crippen LogP contribution in [0.3, 0.4) is 0 Å². The van der Waals surface area contributed by atoms with Crippen molar-refractivity contribution in [3.05, 3.63) is 52.3 Å². The first-order chi connectivity index (χ1) is 9.21. The number of hydrogen-bond donors (Lipinski definition) is 1. The number of nitrogens with two attached hydrogens (primary N) is 1. The first kappa shape index (κ1) is 14.1. The van der Waals surface area contributed by atoms with Gasteiger partial charge in [-0.05, 0) is 30.5 Å². The van der Waals surface area contributed by atoms with E-state index in [0.717, 1.165) is 29.1 Å². The molecule has 0 spiro atoms. The van der Waals surface area contributed by atoms with Gasteiger partial charge in [-0.1, -0.05) is 43.6 Å². The van der Waals surface area contributed by atoms with Gasteiger partial charge in [-0.2, -0.15) is 5.10 Å². The van der Waals surface area contributed by atoms with E-state index >= 15 is 0 Å². The molecule has 1 aromatic carbocycles. The molecule has 2 rings (SSSR count). The lowest BCUT2D eigenvalue weighted by atomic mass is 10.1. The maximum Gasteiger partial charge on any atom is 0.0908 e. The fourth-order valence-corrected chi connectivity index (χ4v) is 2.56. The standard InChI is InChI=1S/C15H20ClN3/c1-3-11-9-12(4-2)19(18-11)15(10-17)13-7-5-6-8-14(13)16/h5-9,15H,3-4,10,17H2,1-2H3. The highest BCUT2D eigenvalue weighted by Crippen LogP contribution is 2.26. The fourth-order valence-electron chi connectivity index (χ4n) is 2.30. The normalized spacial score (nSPS) is 12.6. The van der Waals surface area contributed by atoms with Gasteiger partial charge in [0.2, 0.25) is 0 Å². The van der Waals surface area contributed by atoms with E-state index < -0.39 is 0 Å². The minimum atomic E-state index is 0.00366. The minimum Gasteiger partial charge on any atom is -0.328 e.